The summed E-state index contributed by atoms with van der Waals surface area (Å²) in [6, 6.07) is 14.7. The first-order valence-electron chi connectivity index (χ1n) is 6.68. The zero-order valence-electron chi connectivity index (χ0n) is 11.6. The highest BCUT2D eigenvalue weighted by Crippen LogP contribution is 2.15. The van der Waals surface area contributed by atoms with Crippen LogP contribution in [0.3, 0.4) is 0 Å². The molecular weight excluding hydrogens is 272 g/mol. The highest BCUT2D eigenvalue weighted by atomic mass is 32.2. The summed E-state index contributed by atoms with van der Waals surface area (Å²) in [6.45, 7) is 2.06. The van der Waals surface area contributed by atoms with Gasteiger partial charge in [0.05, 0.1) is 6.26 Å². The van der Waals surface area contributed by atoms with Crippen molar-refractivity contribution in [3.05, 3.63) is 48.0 Å². The Hall–Kier alpha value is -1.43. The number of rotatable bonds is 7. The number of hydrogen-bond donors (Lipinski definition) is 2. The Morgan fingerprint density at radius 1 is 1.00 bits per heavy atom. The van der Waals surface area contributed by atoms with Crippen LogP contribution in [0.25, 0.3) is 10.8 Å². The lowest BCUT2D eigenvalue weighted by molar-refractivity contribution is 0.579. The van der Waals surface area contributed by atoms with Crippen molar-refractivity contribution >= 4 is 20.8 Å². The lowest BCUT2D eigenvalue weighted by Crippen LogP contribution is -2.26. The Bertz CT molecular complexity index is 668. The molecule has 20 heavy (non-hydrogen) atoms. The van der Waals surface area contributed by atoms with E-state index in [-0.39, 0.29) is 0 Å². The van der Waals surface area contributed by atoms with Crippen molar-refractivity contribution in [2.75, 3.05) is 19.3 Å². The van der Waals surface area contributed by atoms with Crippen LogP contribution in [0.5, 0.6) is 0 Å². The maximum Gasteiger partial charge on any atom is 0.208 e. The molecule has 0 unspecified atom stereocenters. The van der Waals surface area contributed by atoms with Crippen LogP contribution in [0, 0.1) is 0 Å². The summed E-state index contributed by atoms with van der Waals surface area (Å²) in [5.74, 6) is 0. The molecular formula is C15H20N2O2S. The quantitative estimate of drug-likeness (QED) is 0.766. The number of hydrogen-bond acceptors (Lipinski definition) is 3. The van der Waals surface area contributed by atoms with Crippen molar-refractivity contribution in [3.63, 3.8) is 0 Å². The van der Waals surface area contributed by atoms with Crippen LogP contribution in [-0.4, -0.2) is 27.8 Å². The van der Waals surface area contributed by atoms with E-state index >= 15 is 0 Å². The fraction of sp³-hybridized carbons (Fsp3) is 0.333. The van der Waals surface area contributed by atoms with Gasteiger partial charge in [0.1, 0.15) is 0 Å². The van der Waals surface area contributed by atoms with Gasteiger partial charge in [0.2, 0.25) is 10.0 Å². The lowest BCUT2D eigenvalue weighted by atomic mass is 10.1. The predicted molar refractivity (Wildman–Crippen MR) is 83.1 cm³/mol. The van der Waals surface area contributed by atoms with Gasteiger partial charge < -0.3 is 5.32 Å². The van der Waals surface area contributed by atoms with Gasteiger partial charge in [0.25, 0.3) is 0 Å². The van der Waals surface area contributed by atoms with E-state index in [2.05, 4.69) is 40.4 Å². The SMILES string of the molecule is CS(=O)(=O)NCCCNCc1ccc2ccccc2c1. The van der Waals surface area contributed by atoms with E-state index in [4.69, 9.17) is 0 Å². The first-order valence-corrected chi connectivity index (χ1v) is 8.57. The van der Waals surface area contributed by atoms with Gasteiger partial charge in [-0.05, 0) is 35.4 Å². The molecule has 2 aromatic rings. The second kappa shape index (κ2) is 6.83. The summed E-state index contributed by atoms with van der Waals surface area (Å²) < 4.78 is 24.2. The lowest BCUT2D eigenvalue weighted by Gasteiger charge is -2.06. The number of fused-ring (bicyclic) bond motifs is 1. The van der Waals surface area contributed by atoms with Gasteiger partial charge >= 0.3 is 0 Å². The summed E-state index contributed by atoms with van der Waals surface area (Å²) in [7, 11) is -3.07. The van der Waals surface area contributed by atoms with E-state index in [1.807, 2.05) is 12.1 Å². The summed E-state index contributed by atoms with van der Waals surface area (Å²) in [4.78, 5) is 0. The van der Waals surface area contributed by atoms with E-state index in [9.17, 15) is 8.42 Å². The Labute approximate surface area is 120 Å². The minimum absolute atomic E-state index is 0.476. The van der Waals surface area contributed by atoms with E-state index < -0.39 is 10.0 Å². The molecule has 0 atom stereocenters. The Morgan fingerprint density at radius 3 is 2.50 bits per heavy atom. The molecule has 0 amide bonds. The first kappa shape index (κ1) is 15.0. The minimum Gasteiger partial charge on any atom is -0.313 e. The normalized spacial score (nSPS) is 11.8. The average Bonchev–Trinajstić information content (AvgIpc) is 2.41. The molecule has 0 spiro atoms. The minimum atomic E-state index is -3.07. The molecule has 0 radical (unpaired) electrons. The maximum atomic E-state index is 10.9. The summed E-state index contributed by atoms with van der Waals surface area (Å²) in [5, 5.41) is 5.80. The van der Waals surface area contributed by atoms with Crippen LogP contribution < -0.4 is 10.0 Å². The van der Waals surface area contributed by atoms with Crippen LogP contribution in [0.4, 0.5) is 0 Å². The third-order valence-corrected chi connectivity index (χ3v) is 3.77. The van der Waals surface area contributed by atoms with Gasteiger partial charge in [-0.2, -0.15) is 0 Å². The topological polar surface area (TPSA) is 58.2 Å². The second-order valence-corrected chi connectivity index (χ2v) is 6.71. The number of sulfonamides is 1. The van der Waals surface area contributed by atoms with Crippen LogP contribution in [0.1, 0.15) is 12.0 Å². The standard InChI is InChI=1S/C15H20N2O2S/c1-20(18,19)17-10-4-9-16-12-13-7-8-14-5-2-3-6-15(14)11-13/h2-3,5-8,11,16-17H,4,9-10,12H2,1H3. The third kappa shape index (κ3) is 4.92. The van der Waals surface area contributed by atoms with Crippen LogP contribution in [0.15, 0.2) is 42.5 Å². The van der Waals surface area contributed by atoms with Crippen molar-refractivity contribution in [2.24, 2.45) is 0 Å². The van der Waals surface area contributed by atoms with E-state index in [0.29, 0.717) is 6.54 Å². The molecule has 0 saturated carbocycles. The fourth-order valence-corrected chi connectivity index (χ4v) is 2.57. The number of nitrogens with one attached hydrogen (secondary N) is 2. The van der Waals surface area contributed by atoms with Gasteiger partial charge in [0, 0.05) is 13.1 Å². The molecule has 2 N–H and O–H groups in total. The van der Waals surface area contributed by atoms with Crippen molar-refractivity contribution in [1.82, 2.24) is 10.0 Å². The molecule has 5 heteroatoms. The first-order chi connectivity index (χ1) is 9.54. The Balaban J connectivity index is 1.76. The van der Waals surface area contributed by atoms with Crippen molar-refractivity contribution in [3.8, 4) is 0 Å². The van der Waals surface area contributed by atoms with Gasteiger partial charge in [-0.1, -0.05) is 36.4 Å². The summed E-state index contributed by atoms with van der Waals surface area (Å²) >= 11 is 0. The van der Waals surface area contributed by atoms with Crippen molar-refractivity contribution in [2.45, 2.75) is 13.0 Å². The molecule has 0 aliphatic rings. The maximum absolute atomic E-state index is 10.9. The molecule has 0 bridgehead atoms. The molecule has 4 nitrogen and oxygen atoms in total. The molecule has 0 saturated heterocycles. The number of benzene rings is 2. The van der Waals surface area contributed by atoms with Gasteiger partial charge in [-0.3, -0.25) is 0 Å². The molecule has 0 aliphatic heterocycles. The Kier molecular flexibility index (Phi) is 5.11. The predicted octanol–water partition coefficient (Wildman–Crippen LogP) is 1.87. The molecule has 0 heterocycles. The summed E-state index contributed by atoms with van der Waals surface area (Å²) in [5.41, 5.74) is 1.24. The van der Waals surface area contributed by atoms with Crippen molar-refractivity contribution in [1.29, 1.82) is 0 Å². The Morgan fingerprint density at radius 2 is 1.75 bits per heavy atom. The zero-order valence-corrected chi connectivity index (χ0v) is 12.4. The third-order valence-electron chi connectivity index (χ3n) is 3.04. The van der Waals surface area contributed by atoms with Gasteiger partial charge in [-0.15, -0.1) is 0 Å². The molecule has 0 aromatic heterocycles. The zero-order chi connectivity index (χ0) is 14.4. The van der Waals surface area contributed by atoms with E-state index in [1.165, 1.54) is 22.6 Å². The fourth-order valence-electron chi connectivity index (χ4n) is 2.05. The largest absolute Gasteiger partial charge is 0.313 e. The smallest absolute Gasteiger partial charge is 0.208 e. The van der Waals surface area contributed by atoms with Crippen molar-refractivity contribution < 1.29 is 8.42 Å². The van der Waals surface area contributed by atoms with Crippen LogP contribution in [0.2, 0.25) is 0 Å². The second-order valence-electron chi connectivity index (χ2n) is 4.88. The summed E-state index contributed by atoms with van der Waals surface area (Å²) in [6.07, 6.45) is 1.95. The molecule has 2 aromatic carbocycles. The van der Waals surface area contributed by atoms with E-state index in [0.717, 1.165) is 19.5 Å². The van der Waals surface area contributed by atoms with E-state index in [1.54, 1.807) is 0 Å². The molecule has 2 rings (SSSR count). The monoisotopic (exact) mass is 292 g/mol. The highest BCUT2D eigenvalue weighted by Gasteiger charge is 1.99. The molecule has 0 aliphatic carbocycles. The average molecular weight is 292 g/mol. The van der Waals surface area contributed by atoms with Crippen LogP contribution in [-0.2, 0) is 16.6 Å². The molecule has 108 valence electrons. The molecule has 0 fully saturated rings. The highest BCUT2D eigenvalue weighted by molar-refractivity contribution is 7.88. The van der Waals surface area contributed by atoms with Crippen LogP contribution >= 0.6 is 0 Å². The van der Waals surface area contributed by atoms with Gasteiger partial charge in [-0.25, -0.2) is 13.1 Å². The van der Waals surface area contributed by atoms with Gasteiger partial charge in [0.15, 0.2) is 0 Å².